The Bertz CT molecular complexity index is 214. The Kier molecular flexibility index (Phi) is 3.54. The van der Waals surface area contributed by atoms with Gasteiger partial charge >= 0.3 is 0 Å². The topological polar surface area (TPSA) is 6.25 Å². The Morgan fingerprint density at radius 1 is 1.38 bits per heavy atom. The highest BCUT2D eigenvalue weighted by Crippen LogP contribution is 2.21. The van der Waals surface area contributed by atoms with Crippen molar-refractivity contribution >= 4 is 5.84 Å². The van der Waals surface area contributed by atoms with Gasteiger partial charge in [-0.3, -0.25) is 9.48 Å². The molecule has 2 nitrogen and oxygen atoms in total. The predicted molar refractivity (Wildman–Crippen MR) is 59.5 cm³/mol. The molecule has 1 heterocycles. The minimum Gasteiger partial charge on any atom is -0.264 e. The summed E-state index contributed by atoms with van der Waals surface area (Å²) >= 11 is 0. The minimum absolute atomic E-state index is 0. The van der Waals surface area contributed by atoms with E-state index in [1.165, 1.54) is 5.84 Å². The van der Waals surface area contributed by atoms with Crippen LogP contribution in [0.25, 0.3) is 0 Å². The Morgan fingerprint density at radius 3 is 2.00 bits per heavy atom. The summed E-state index contributed by atoms with van der Waals surface area (Å²) in [7, 11) is 4.37. The molecule has 0 unspecified atom stereocenters. The van der Waals surface area contributed by atoms with E-state index in [4.69, 9.17) is 0 Å². The second-order valence-electron chi connectivity index (χ2n) is 4.74. The van der Waals surface area contributed by atoms with E-state index in [0.717, 1.165) is 6.54 Å². The van der Waals surface area contributed by atoms with E-state index in [2.05, 4.69) is 51.3 Å². The van der Waals surface area contributed by atoms with Gasteiger partial charge in [0.2, 0.25) is 5.84 Å². The SMILES string of the molecule is C.CC(C)C1=[N+](C)CC(C)(C)N1C. The molecule has 0 spiro atoms. The molecule has 1 aliphatic rings. The molecule has 0 bridgehead atoms. The zero-order chi connectivity index (χ0) is 9.52. The normalized spacial score (nSPS) is 21.0. The number of rotatable bonds is 1. The lowest BCUT2D eigenvalue weighted by Gasteiger charge is -2.23. The third kappa shape index (κ3) is 2.04. The van der Waals surface area contributed by atoms with Crippen molar-refractivity contribution in [3.63, 3.8) is 0 Å². The predicted octanol–water partition coefficient (Wildman–Crippen LogP) is 2.04. The molecule has 0 aromatic carbocycles. The van der Waals surface area contributed by atoms with Crippen molar-refractivity contribution in [2.75, 3.05) is 20.6 Å². The van der Waals surface area contributed by atoms with Gasteiger partial charge in [-0.25, -0.2) is 0 Å². The molecule has 13 heavy (non-hydrogen) atoms. The summed E-state index contributed by atoms with van der Waals surface area (Å²) < 4.78 is 2.37. The first-order chi connectivity index (χ1) is 5.36. The molecule has 0 aromatic heterocycles. The van der Waals surface area contributed by atoms with Crippen molar-refractivity contribution in [2.24, 2.45) is 5.92 Å². The molecule has 1 rings (SSSR count). The smallest absolute Gasteiger partial charge is 0.249 e. The highest BCUT2D eigenvalue weighted by Gasteiger charge is 2.42. The first-order valence-electron chi connectivity index (χ1n) is 4.68. The van der Waals surface area contributed by atoms with Crippen LogP contribution in [-0.2, 0) is 0 Å². The van der Waals surface area contributed by atoms with Gasteiger partial charge in [0.1, 0.15) is 12.1 Å². The van der Waals surface area contributed by atoms with Gasteiger partial charge in [0, 0.05) is 0 Å². The highest BCUT2D eigenvalue weighted by molar-refractivity contribution is 5.81. The summed E-state index contributed by atoms with van der Waals surface area (Å²) in [5.41, 5.74) is 0.300. The van der Waals surface area contributed by atoms with E-state index in [0.29, 0.717) is 11.5 Å². The molecule has 0 fully saturated rings. The number of nitrogens with zero attached hydrogens (tertiary/aromatic N) is 2. The van der Waals surface area contributed by atoms with E-state index in [1.54, 1.807) is 0 Å². The monoisotopic (exact) mass is 185 g/mol. The third-order valence-electron chi connectivity index (χ3n) is 2.78. The molecule has 0 saturated carbocycles. The average Bonchev–Trinajstić information content (AvgIpc) is 2.02. The Balaban J connectivity index is 0.00000144. The van der Waals surface area contributed by atoms with Crippen LogP contribution < -0.4 is 0 Å². The summed E-state index contributed by atoms with van der Waals surface area (Å²) in [6.45, 7) is 10.2. The van der Waals surface area contributed by atoms with Gasteiger partial charge in [0.25, 0.3) is 0 Å². The first-order valence-corrected chi connectivity index (χ1v) is 4.68. The van der Waals surface area contributed by atoms with Crippen LogP contribution in [0.15, 0.2) is 0 Å². The van der Waals surface area contributed by atoms with Crippen LogP contribution >= 0.6 is 0 Å². The van der Waals surface area contributed by atoms with E-state index >= 15 is 0 Å². The quantitative estimate of drug-likeness (QED) is 0.567. The number of amidine groups is 1. The van der Waals surface area contributed by atoms with Gasteiger partial charge in [-0.2, -0.15) is 0 Å². The molecule has 0 aliphatic carbocycles. The van der Waals surface area contributed by atoms with Crippen LogP contribution in [0.1, 0.15) is 35.1 Å². The molecular weight excluding hydrogens is 160 g/mol. The van der Waals surface area contributed by atoms with Crippen LogP contribution in [0.5, 0.6) is 0 Å². The fourth-order valence-electron chi connectivity index (χ4n) is 2.16. The van der Waals surface area contributed by atoms with Crippen molar-refractivity contribution in [3.05, 3.63) is 0 Å². The third-order valence-corrected chi connectivity index (χ3v) is 2.78. The van der Waals surface area contributed by atoms with Gasteiger partial charge in [-0.05, 0) is 13.8 Å². The number of likely N-dealkylation sites (N-methyl/N-ethyl adjacent to an activating group) is 2. The van der Waals surface area contributed by atoms with E-state index in [-0.39, 0.29) is 7.43 Å². The maximum absolute atomic E-state index is 2.40. The number of hydrogen-bond donors (Lipinski definition) is 0. The molecule has 0 N–H and O–H groups in total. The van der Waals surface area contributed by atoms with Gasteiger partial charge in [0.15, 0.2) is 0 Å². The molecule has 0 atom stereocenters. The standard InChI is InChI=1S/C10H21N2.CH4/c1-8(2)9-11(5)7-10(3,4)12(9)6;/h8H,7H2,1-6H3;1H4/q+1;. The van der Waals surface area contributed by atoms with Crippen LogP contribution in [0.2, 0.25) is 0 Å². The Hall–Kier alpha value is -0.530. The fourth-order valence-corrected chi connectivity index (χ4v) is 2.16. The van der Waals surface area contributed by atoms with Gasteiger partial charge in [-0.1, -0.05) is 21.3 Å². The first kappa shape index (κ1) is 12.5. The zero-order valence-corrected chi connectivity index (χ0v) is 9.18. The van der Waals surface area contributed by atoms with Crippen molar-refractivity contribution in [1.82, 2.24) is 4.90 Å². The lowest BCUT2D eigenvalue weighted by Crippen LogP contribution is -2.42. The van der Waals surface area contributed by atoms with Crippen molar-refractivity contribution in [1.29, 1.82) is 0 Å². The van der Waals surface area contributed by atoms with Crippen LogP contribution in [0.4, 0.5) is 0 Å². The highest BCUT2D eigenvalue weighted by atomic mass is 15.3. The van der Waals surface area contributed by atoms with Crippen molar-refractivity contribution in [2.45, 2.75) is 40.7 Å². The molecule has 1 aliphatic heterocycles. The average molecular weight is 185 g/mol. The molecule has 0 amide bonds. The molecule has 2 heteroatoms. The van der Waals surface area contributed by atoms with E-state index in [9.17, 15) is 0 Å². The fraction of sp³-hybridized carbons (Fsp3) is 0.909. The van der Waals surface area contributed by atoms with E-state index < -0.39 is 0 Å². The van der Waals surface area contributed by atoms with Gasteiger partial charge in [-0.15, -0.1) is 0 Å². The maximum Gasteiger partial charge on any atom is 0.249 e. The molecular formula is C11H25N2+. The zero-order valence-electron chi connectivity index (χ0n) is 9.18. The van der Waals surface area contributed by atoms with Crippen molar-refractivity contribution in [3.8, 4) is 0 Å². The van der Waals surface area contributed by atoms with E-state index in [1.807, 2.05) is 0 Å². The summed E-state index contributed by atoms with van der Waals surface area (Å²) in [6, 6.07) is 0. The lowest BCUT2D eigenvalue weighted by atomic mass is 10.0. The number of hydrogen-bond acceptors (Lipinski definition) is 1. The minimum atomic E-state index is 0. The molecule has 78 valence electrons. The van der Waals surface area contributed by atoms with Crippen LogP contribution in [0, 0.1) is 5.92 Å². The largest absolute Gasteiger partial charge is 0.264 e. The van der Waals surface area contributed by atoms with Crippen molar-refractivity contribution < 1.29 is 4.58 Å². The Labute approximate surface area is 83.3 Å². The van der Waals surface area contributed by atoms with Crippen LogP contribution in [0.3, 0.4) is 0 Å². The summed E-state index contributed by atoms with van der Waals surface area (Å²) in [6.07, 6.45) is 0. The van der Waals surface area contributed by atoms with Gasteiger partial charge < -0.3 is 0 Å². The van der Waals surface area contributed by atoms with Crippen LogP contribution in [-0.4, -0.2) is 41.5 Å². The Morgan fingerprint density at radius 2 is 1.85 bits per heavy atom. The second-order valence-corrected chi connectivity index (χ2v) is 4.74. The lowest BCUT2D eigenvalue weighted by molar-refractivity contribution is -0.496. The van der Waals surface area contributed by atoms with Gasteiger partial charge in [0.05, 0.1) is 20.0 Å². The molecule has 0 saturated heterocycles. The molecule has 0 aromatic rings. The maximum atomic E-state index is 2.40. The summed E-state index contributed by atoms with van der Waals surface area (Å²) in [5.74, 6) is 2.08. The second kappa shape index (κ2) is 3.69. The molecule has 0 radical (unpaired) electrons. The summed E-state index contributed by atoms with van der Waals surface area (Å²) in [4.78, 5) is 2.40. The summed E-state index contributed by atoms with van der Waals surface area (Å²) in [5, 5.41) is 0.